The highest BCUT2D eigenvalue weighted by Gasteiger charge is 2.16. The van der Waals surface area contributed by atoms with E-state index in [2.05, 4.69) is 15.2 Å². The second-order valence-corrected chi connectivity index (χ2v) is 6.33. The number of benzene rings is 2. The summed E-state index contributed by atoms with van der Waals surface area (Å²) in [5.41, 5.74) is 14.1. The van der Waals surface area contributed by atoms with Crippen LogP contribution in [0.5, 0.6) is 0 Å². The number of aliphatic imine (C=N–C) groups is 1. The molecular formula is C21H25N5O4. The van der Waals surface area contributed by atoms with Gasteiger partial charge in [0, 0.05) is 0 Å². The first-order valence-corrected chi connectivity index (χ1v) is 9.37. The van der Waals surface area contributed by atoms with E-state index in [4.69, 9.17) is 20.9 Å². The first-order chi connectivity index (χ1) is 14.3. The third-order valence-electron chi connectivity index (χ3n) is 4.04. The zero-order valence-corrected chi connectivity index (χ0v) is 17.4. The van der Waals surface area contributed by atoms with Gasteiger partial charge < -0.3 is 20.9 Å². The number of carbonyl (C=O) groups is 2. The van der Waals surface area contributed by atoms with Gasteiger partial charge in [-0.3, -0.25) is 0 Å². The lowest BCUT2D eigenvalue weighted by Gasteiger charge is -2.09. The summed E-state index contributed by atoms with van der Waals surface area (Å²) in [7, 11) is 0. The summed E-state index contributed by atoms with van der Waals surface area (Å²) < 4.78 is 10.1. The van der Waals surface area contributed by atoms with Crippen LogP contribution >= 0.6 is 0 Å². The monoisotopic (exact) mass is 411 g/mol. The number of esters is 2. The highest BCUT2D eigenvalue weighted by molar-refractivity contribution is 5.96. The fourth-order valence-electron chi connectivity index (χ4n) is 2.56. The topological polar surface area (TPSA) is 142 Å². The smallest absolute Gasteiger partial charge is 0.340 e. The maximum absolute atomic E-state index is 12.4. The molecule has 0 saturated carbocycles. The number of carbonyl (C=O) groups excluding carboxylic acids is 2. The molecule has 0 aliphatic carbocycles. The molecule has 9 nitrogen and oxygen atoms in total. The van der Waals surface area contributed by atoms with E-state index >= 15 is 0 Å². The number of azo groups is 1. The first-order valence-electron chi connectivity index (χ1n) is 9.37. The molecule has 0 aromatic heterocycles. The standard InChI is InChI=1S/C21H25N5O4/c1-5-29-19(27)14-8-7-12(3)17(10-14)25-26-18-9-13(4)16(24-21(22)23)11-15(18)20(28)30-6-2/h7-11H,5-6H2,1-4H3,(H4,22,23,24). The SMILES string of the molecule is CCOC(=O)c1ccc(C)c(N=Nc2cc(C)c(N=C(N)N)cc2C(=O)OCC)c1. The lowest BCUT2D eigenvalue weighted by Crippen LogP contribution is -2.22. The Labute approximate surface area is 174 Å². The number of ether oxygens (including phenoxy) is 2. The van der Waals surface area contributed by atoms with Gasteiger partial charge in [0.25, 0.3) is 0 Å². The van der Waals surface area contributed by atoms with E-state index in [1.54, 1.807) is 45.0 Å². The molecule has 0 atom stereocenters. The molecule has 2 aromatic carbocycles. The second-order valence-electron chi connectivity index (χ2n) is 6.33. The number of nitrogens with two attached hydrogens (primary N) is 2. The average Bonchev–Trinajstić information content (AvgIpc) is 2.69. The van der Waals surface area contributed by atoms with Crippen LogP contribution in [0.3, 0.4) is 0 Å². The molecule has 0 bridgehead atoms. The van der Waals surface area contributed by atoms with Gasteiger partial charge in [-0.25, -0.2) is 14.6 Å². The van der Waals surface area contributed by atoms with Crippen LogP contribution in [0.25, 0.3) is 0 Å². The van der Waals surface area contributed by atoms with Gasteiger partial charge in [-0.15, -0.1) is 5.11 Å². The van der Waals surface area contributed by atoms with E-state index in [0.29, 0.717) is 28.2 Å². The number of hydrogen-bond donors (Lipinski definition) is 2. The molecule has 9 heteroatoms. The quantitative estimate of drug-likeness (QED) is 0.305. The number of nitrogens with zero attached hydrogens (tertiary/aromatic N) is 3. The molecule has 0 saturated heterocycles. The molecule has 2 aromatic rings. The minimum Gasteiger partial charge on any atom is -0.462 e. The summed E-state index contributed by atoms with van der Waals surface area (Å²) in [6, 6.07) is 8.14. The highest BCUT2D eigenvalue weighted by atomic mass is 16.5. The van der Waals surface area contributed by atoms with Gasteiger partial charge in [0.1, 0.15) is 5.69 Å². The van der Waals surface area contributed by atoms with Gasteiger partial charge in [0.2, 0.25) is 0 Å². The van der Waals surface area contributed by atoms with E-state index in [-0.39, 0.29) is 24.7 Å². The summed E-state index contributed by atoms with van der Waals surface area (Å²) in [5, 5.41) is 8.47. The Morgan fingerprint density at radius 3 is 2.10 bits per heavy atom. The molecule has 30 heavy (non-hydrogen) atoms. The van der Waals surface area contributed by atoms with Crippen molar-refractivity contribution in [2.45, 2.75) is 27.7 Å². The van der Waals surface area contributed by atoms with Crippen molar-refractivity contribution in [3.63, 3.8) is 0 Å². The zero-order valence-electron chi connectivity index (χ0n) is 17.4. The van der Waals surface area contributed by atoms with E-state index in [0.717, 1.165) is 5.56 Å². The molecule has 158 valence electrons. The van der Waals surface area contributed by atoms with Crippen LogP contribution in [0, 0.1) is 13.8 Å². The Kier molecular flexibility index (Phi) is 7.62. The van der Waals surface area contributed by atoms with Crippen molar-refractivity contribution in [2.75, 3.05) is 13.2 Å². The van der Waals surface area contributed by atoms with Gasteiger partial charge in [-0.05, 0) is 63.1 Å². The van der Waals surface area contributed by atoms with Crippen molar-refractivity contribution in [3.05, 3.63) is 52.6 Å². The van der Waals surface area contributed by atoms with Crippen LogP contribution in [0.1, 0.15) is 45.7 Å². The average molecular weight is 411 g/mol. The van der Waals surface area contributed by atoms with Gasteiger partial charge in [0.05, 0.1) is 35.7 Å². The Balaban J connectivity index is 2.51. The van der Waals surface area contributed by atoms with Crippen LogP contribution in [0.15, 0.2) is 45.6 Å². The Hall–Kier alpha value is -3.75. The molecule has 0 amide bonds. The minimum atomic E-state index is -0.574. The molecular weight excluding hydrogens is 386 g/mol. The molecule has 2 rings (SSSR count). The Morgan fingerprint density at radius 2 is 1.47 bits per heavy atom. The van der Waals surface area contributed by atoms with E-state index in [1.165, 1.54) is 6.07 Å². The van der Waals surface area contributed by atoms with Crippen molar-refractivity contribution in [1.82, 2.24) is 0 Å². The maximum Gasteiger partial charge on any atom is 0.340 e. The minimum absolute atomic E-state index is 0.131. The van der Waals surface area contributed by atoms with Crippen molar-refractivity contribution in [3.8, 4) is 0 Å². The lowest BCUT2D eigenvalue weighted by atomic mass is 10.1. The van der Waals surface area contributed by atoms with Crippen LogP contribution in [-0.4, -0.2) is 31.1 Å². The molecule has 0 aliphatic rings. The Bertz CT molecular complexity index is 1010. The molecule has 0 spiro atoms. The van der Waals surface area contributed by atoms with E-state index < -0.39 is 11.9 Å². The lowest BCUT2D eigenvalue weighted by molar-refractivity contribution is 0.0517. The maximum atomic E-state index is 12.4. The van der Waals surface area contributed by atoms with Crippen molar-refractivity contribution in [2.24, 2.45) is 26.7 Å². The fourth-order valence-corrected chi connectivity index (χ4v) is 2.56. The summed E-state index contributed by atoms with van der Waals surface area (Å²) in [6.45, 7) is 7.52. The van der Waals surface area contributed by atoms with E-state index in [1.807, 2.05) is 6.92 Å². The Morgan fingerprint density at radius 1 is 0.833 bits per heavy atom. The number of rotatable bonds is 7. The van der Waals surface area contributed by atoms with E-state index in [9.17, 15) is 9.59 Å². The van der Waals surface area contributed by atoms with Gasteiger partial charge >= 0.3 is 11.9 Å². The van der Waals surface area contributed by atoms with Crippen molar-refractivity contribution < 1.29 is 19.1 Å². The van der Waals surface area contributed by atoms with Crippen LogP contribution in [0.2, 0.25) is 0 Å². The zero-order chi connectivity index (χ0) is 22.3. The predicted octanol–water partition coefficient (Wildman–Crippen LogP) is 3.98. The van der Waals surface area contributed by atoms with Crippen LogP contribution in [0.4, 0.5) is 17.1 Å². The highest BCUT2D eigenvalue weighted by Crippen LogP contribution is 2.32. The van der Waals surface area contributed by atoms with Crippen LogP contribution in [-0.2, 0) is 9.47 Å². The second kappa shape index (κ2) is 10.1. The third-order valence-corrected chi connectivity index (χ3v) is 4.04. The van der Waals surface area contributed by atoms with Gasteiger partial charge in [0.15, 0.2) is 5.96 Å². The molecule has 0 fully saturated rings. The predicted molar refractivity (Wildman–Crippen MR) is 114 cm³/mol. The van der Waals surface area contributed by atoms with Crippen molar-refractivity contribution >= 4 is 35.0 Å². The largest absolute Gasteiger partial charge is 0.462 e. The van der Waals surface area contributed by atoms with Gasteiger partial charge in [-0.2, -0.15) is 5.11 Å². The molecule has 0 radical (unpaired) electrons. The summed E-state index contributed by atoms with van der Waals surface area (Å²) in [6.07, 6.45) is 0. The van der Waals surface area contributed by atoms with Gasteiger partial charge in [-0.1, -0.05) is 6.07 Å². The number of guanidine groups is 1. The molecule has 0 aliphatic heterocycles. The number of hydrogen-bond acceptors (Lipinski definition) is 7. The molecule has 0 heterocycles. The normalized spacial score (nSPS) is 10.7. The summed E-state index contributed by atoms with van der Waals surface area (Å²) in [5.74, 6) is -1.15. The van der Waals surface area contributed by atoms with Crippen molar-refractivity contribution in [1.29, 1.82) is 0 Å². The summed E-state index contributed by atoms with van der Waals surface area (Å²) >= 11 is 0. The first kappa shape index (κ1) is 22.5. The summed E-state index contributed by atoms with van der Waals surface area (Å²) in [4.78, 5) is 28.4. The third kappa shape index (κ3) is 5.63. The fraction of sp³-hybridized carbons (Fsp3) is 0.286. The number of aryl methyl sites for hydroxylation is 2. The molecule has 0 unspecified atom stereocenters. The van der Waals surface area contributed by atoms with Crippen LogP contribution < -0.4 is 11.5 Å². The molecule has 4 N–H and O–H groups in total.